The van der Waals surface area contributed by atoms with Gasteiger partial charge >= 0.3 is 5.97 Å². The minimum Gasteiger partial charge on any atom is -0.486 e. The largest absolute Gasteiger partial charge is 0.486 e. The van der Waals surface area contributed by atoms with Crippen molar-refractivity contribution in [3.63, 3.8) is 0 Å². The highest BCUT2D eigenvalue weighted by molar-refractivity contribution is 5.81. The van der Waals surface area contributed by atoms with Crippen molar-refractivity contribution in [2.75, 3.05) is 19.8 Å². The second kappa shape index (κ2) is 9.11. The van der Waals surface area contributed by atoms with Gasteiger partial charge < -0.3 is 19.5 Å². The third kappa shape index (κ3) is 5.15. The summed E-state index contributed by atoms with van der Waals surface area (Å²) in [5, 5.41) is 2.99. The summed E-state index contributed by atoms with van der Waals surface area (Å²) >= 11 is 0. The molecule has 1 atom stereocenters. The molecular weight excluding hydrogens is 346 g/mol. The molecule has 1 saturated carbocycles. The number of ether oxygens (including phenoxy) is 3. The molecule has 1 aromatic rings. The molecule has 3 rings (SSSR count). The molecule has 1 amide bonds. The summed E-state index contributed by atoms with van der Waals surface area (Å²) in [6.45, 7) is 4.91. The second-order valence-corrected chi connectivity index (χ2v) is 7.63. The normalized spacial score (nSPS) is 18.0. The van der Waals surface area contributed by atoms with Crippen molar-refractivity contribution < 1.29 is 23.8 Å². The number of amides is 1. The van der Waals surface area contributed by atoms with Crippen LogP contribution < -0.4 is 14.8 Å². The smallest absolute Gasteiger partial charge is 0.309 e. The molecule has 0 unspecified atom stereocenters. The fourth-order valence-electron chi connectivity index (χ4n) is 3.70. The summed E-state index contributed by atoms with van der Waals surface area (Å²) in [7, 11) is 0. The summed E-state index contributed by atoms with van der Waals surface area (Å²) in [5.41, 5.74) is 0.946. The van der Waals surface area contributed by atoms with Crippen molar-refractivity contribution in [3.8, 4) is 11.5 Å². The average Bonchev–Trinajstić information content (AvgIpc) is 2.70. The molecule has 0 aromatic heterocycles. The van der Waals surface area contributed by atoms with Crippen LogP contribution in [0, 0.1) is 11.8 Å². The molecule has 1 aromatic carbocycles. The number of esters is 1. The molecule has 0 spiro atoms. The van der Waals surface area contributed by atoms with Crippen molar-refractivity contribution in [2.45, 2.75) is 52.0 Å². The number of carbonyl (C=O) groups is 2. The van der Waals surface area contributed by atoms with Crippen LogP contribution in [0.15, 0.2) is 18.2 Å². The van der Waals surface area contributed by atoms with Crippen LogP contribution in [0.1, 0.15) is 57.6 Å². The van der Waals surface area contributed by atoms with Crippen molar-refractivity contribution in [2.24, 2.45) is 11.8 Å². The van der Waals surface area contributed by atoms with E-state index in [4.69, 9.17) is 14.2 Å². The first-order chi connectivity index (χ1) is 13.0. The van der Waals surface area contributed by atoms with Gasteiger partial charge in [-0.15, -0.1) is 0 Å². The third-order valence-corrected chi connectivity index (χ3v) is 5.19. The summed E-state index contributed by atoms with van der Waals surface area (Å²) in [6.07, 6.45) is 5.03. The lowest BCUT2D eigenvalue weighted by atomic mass is 9.89. The number of hydrogen-bond acceptors (Lipinski definition) is 5. The summed E-state index contributed by atoms with van der Waals surface area (Å²) in [4.78, 5) is 24.5. The minimum absolute atomic E-state index is 0.0507. The lowest BCUT2D eigenvalue weighted by molar-refractivity contribution is -0.153. The molecule has 1 N–H and O–H groups in total. The average molecular weight is 375 g/mol. The van der Waals surface area contributed by atoms with Gasteiger partial charge in [-0.1, -0.05) is 39.2 Å². The molecule has 6 nitrogen and oxygen atoms in total. The fraction of sp³-hybridized carbons (Fsp3) is 0.619. The zero-order valence-corrected chi connectivity index (χ0v) is 16.2. The van der Waals surface area contributed by atoms with E-state index in [1.807, 2.05) is 32.0 Å². The SMILES string of the molecule is CC(C)[C@H](NC(=O)COC(=O)C1CCCCC1)c1ccc2c(c1)OCCO2. The van der Waals surface area contributed by atoms with E-state index >= 15 is 0 Å². The molecule has 0 radical (unpaired) electrons. The van der Waals surface area contributed by atoms with Gasteiger partial charge in [-0.05, 0) is 36.5 Å². The van der Waals surface area contributed by atoms with Crippen LogP contribution in [-0.4, -0.2) is 31.7 Å². The molecule has 0 bridgehead atoms. The van der Waals surface area contributed by atoms with E-state index in [0.29, 0.717) is 19.0 Å². The van der Waals surface area contributed by atoms with Crippen LogP contribution in [0.2, 0.25) is 0 Å². The Kier molecular flexibility index (Phi) is 6.58. The molecule has 27 heavy (non-hydrogen) atoms. The summed E-state index contributed by atoms with van der Waals surface area (Å²) < 4.78 is 16.4. The first-order valence-electron chi connectivity index (χ1n) is 9.90. The monoisotopic (exact) mass is 375 g/mol. The van der Waals surface area contributed by atoms with E-state index in [1.165, 1.54) is 6.42 Å². The Morgan fingerprint density at radius 1 is 1.11 bits per heavy atom. The van der Waals surface area contributed by atoms with Gasteiger partial charge in [0.05, 0.1) is 12.0 Å². The van der Waals surface area contributed by atoms with Gasteiger partial charge in [0.25, 0.3) is 5.91 Å². The van der Waals surface area contributed by atoms with Crippen molar-refractivity contribution in [3.05, 3.63) is 23.8 Å². The highest BCUT2D eigenvalue weighted by Crippen LogP contribution is 2.34. The van der Waals surface area contributed by atoms with Crippen LogP contribution in [-0.2, 0) is 14.3 Å². The molecule has 6 heteroatoms. The molecule has 148 valence electrons. The van der Waals surface area contributed by atoms with Gasteiger partial charge in [-0.2, -0.15) is 0 Å². The standard InChI is InChI=1S/C21H29NO5/c1-14(2)20(16-8-9-17-18(12-16)26-11-10-25-17)22-19(23)13-27-21(24)15-6-4-3-5-7-15/h8-9,12,14-15,20H,3-7,10-11,13H2,1-2H3,(H,22,23)/t20-/m0/s1. The van der Waals surface area contributed by atoms with E-state index in [9.17, 15) is 9.59 Å². The molecule has 1 fully saturated rings. The predicted molar refractivity (Wildman–Crippen MR) is 101 cm³/mol. The molecule has 1 aliphatic carbocycles. The van der Waals surface area contributed by atoms with E-state index < -0.39 is 0 Å². The maximum Gasteiger partial charge on any atom is 0.309 e. The Morgan fingerprint density at radius 2 is 1.81 bits per heavy atom. The molecule has 1 heterocycles. The number of carbonyl (C=O) groups excluding carboxylic acids is 2. The second-order valence-electron chi connectivity index (χ2n) is 7.63. The molecule has 2 aliphatic rings. The quantitative estimate of drug-likeness (QED) is 0.772. The van der Waals surface area contributed by atoms with Gasteiger partial charge in [-0.3, -0.25) is 9.59 Å². The predicted octanol–water partition coefficient (Wildman–Crippen LogP) is 3.39. The lowest BCUT2D eigenvalue weighted by Crippen LogP contribution is -2.35. The molecule has 0 saturated heterocycles. The number of nitrogens with one attached hydrogen (secondary N) is 1. The third-order valence-electron chi connectivity index (χ3n) is 5.19. The van der Waals surface area contributed by atoms with Crippen LogP contribution in [0.3, 0.4) is 0 Å². The van der Waals surface area contributed by atoms with Gasteiger partial charge in [-0.25, -0.2) is 0 Å². The van der Waals surface area contributed by atoms with Gasteiger partial charge in [0, 0.05) is 0 Å². The Hall–Kier alpha value is -2.24. The van der Waals surface area contributed by atoms with E-state index in [-0.39, 0.29) is 36.4 Å². The Balaban J connectivity index is 1.57. The lowest BCUT2D eigenvalue weighted by Gasteiger charge is -2.25. The number of fused-ring (bicyclic) bond motifs is 1. The first kappa shape index (κ1) is 19.5. The minimum atomic E-state index is -0.284. The van der Waals surface area contributed by atoms with Crippen LogP contribution >= 0.6 is 0 Å². The first-order valence-corrected chi connectivity index (χ1v) is 9.90. The zero-order chi connectivity index (χ0) is 19.2. The maximum absolute atomic E-state index is 12.4. The van der Waals surface area contributed by atoms with E-state index in [2.05, 4.69) is 5.32 Å². The van der Waals surface area contributed by atoms with Gasteiger partial charge in [0.2, 0.25) is 0 Å². The number of hydrogen-bond donors (Lipinski definition) is 1. The summed E-state index contributed by atoms with van der Waals surface area (Å²) in [5.74, 6) is 1.01. The van der Waals surface area contributed by atoms with Gasteiger partial charge in [0.15, 0.2) is 18.1 Å². The highest BCUT2D eigenvalue weighted by Gasteiger charge is 2.25. The van der Waals surface area contributed by atoms with Crippen molar-refractivity contribution in [1.82, 2.24) is 5.32 Å². The van der Waals surface area contributed by atoms with Crippen molar-refractivity contribution in [1.29, 1.82) is 0 Å². The number of benzene rings is 1. The molecule has 1 aliphatic heterocycles. The Labute approximate surface area is 160 Å². The summed E-state index contributed by atoms with van der Waals surface area (Å²) in [6, 6.07) is 5.52. The van der Waals surface area contributed by atoms with Crippen LogP contribution in [0.25, 0.3) is 0 Å². The van der Waals surface area contributed by atoms with E-state index in [1.54, 1.807) is 0 Å². The van der Waals surface area contributed by atoms with Crippen LogP contribution in [0.4, 0.5) is 0 Å². The Bertz CT molecular complexity index is 667. The molecular formula is C21H29NO5. The van der Waals surface area contributed by atoms with E-state index in [0.717, 1.165) is 37.0 Å². The highest BCUT2D eigenvalue weighted by atomic mass is 16.6. The zero-order valence-electron chi connectivity index (χ0n) is 16.2. The topological polar surface area (TPSA) is 73.9 Å². The maximum atomic E-state index is 12.4. The van der Waals surface area contributed by atoms with Crippen molar-refractivity contribution >= 4 is 11.9 Å². The number of rotatable bonds is 6. The van der Waals surface area contributed by atoms with Crippen LogP contribution in [0.5, 0.6) is 11.5 Å². The fourth-order valence-corrected chi connectivity index (χ4v) is 3.70. The Morgan fingerprint density at radius 3 is 2.52 bits per heavy atom. The van der Waals surface area contributed by atoms with Gasteiger partial charge in [0.1, 0.15) is 13.2 Å².